The number of aliphatic hydroxyl groups is 1. The van der Waals surface area contributed by atoms with E-state index in [1.165, 1.54) is 6.08 Å². The van der Waals surface area contributed by atoms with Crippen molar-refractivity contribution < 1.29 is 24.1 Å². The predicted octanol–water partition coefficient (Wildman–Crippen LogP) is 5.33. The smallest absolute Gasteiger partial charge is 0.331 e. The largest absolute Gasteiger partial charge is 0.496 e. The van der Waals surface area contributed by atoms with Crippen molar-refractivity contribution in [1.82, 2.24) is 0 Å². The molecule has 0 amide bonds. The van der Waals surface area contributed by atoms with E-state index in [9.17, 15) is 9.90 Å². The van der Waals surface area contributed by atoms with Crippen LogP contribution in [0.3, 0.4) is 0 Å². The highest BCUT2D eigenvalue weighted by atomic mass is 16.6. The maximum absolute atomic E-state index is 12.2. The van der Waals surface area contributed by atoms with Crippen molar-refractivity contribution in [2.45, 2.75) is 65.3 Å². The topological polar surface area (TPSA) is 65.0 Å². The molecule has 0 aliphatic rings. The average Bonchev–Trinajstić information content (AvgIpc) is 2.68. The van der Waals surface area contributed by atoms with Crippen LogP contribution in [0.25, 0.3) is 6.08 Å². The van der Waals surface area contributed by atoms with Crippen molar-refractivity contribution in [3.8, 4) is 11.5 Å². The summed E-state index contributed by atoms with van der Waals surface area (Å²) in [4.78, 5) is 12.2. The summed E-state index contributed by atoms with van der Waals surface area (Å²) in [6.07, 6.45) is 4.19. The minimum Gasteiger partial charge on any atom is -0.496 e. The van der Waals surface area contributed by atoms with Crippen LogP contribution in [0, 0.1) is 0 Å². The zero-order chi connectivity index (χ0) is 23.1. The number of carbonyl (C=O) groups is 1. The Hall–Kier alpha value is -2.79. The Morgan fingerprint density at radius 2 is 1.71 bits per heavy atom. The van der Waals surface area contributed by atoms with Gasteiger partial charge in [-0.1, -0.05) is 30.3 Å². The van der Waals surface area contributed by atoms with Crippen molar-refractivity contribution in [2.24, 2.45) is 0 Å². The van der Waals surface area contributed by atoms with Gasteiger partial charge in [-0.3, -0.25) is 0 Å². The van der Waals surface area contributed by atoms with Crippen molar-refractivity contribution >= 4 is 12.0 Å². The standard InChI is InChI=1S/C26H34O5/c1-25(2,3)31-23(27)15-13-20-12-14-22(29-6)21(16-17-26(4,5)28)24(20)30-18-19-10-8-7-9-11-19/h7-15,28H,16-18H2,1-6H3/b15-13-. The van der Waals surface area contributed by atoms with E-state index in [1.54, 1.807) is 27.0 Å². The molecule has 0 unspecified atom stereocenters. The number of benzene rings is 2. The molecular formula is C26H34O5. The maximum atomic E-state index is 12.2. The molecule has 2 aromatic carbocycles. The van der Waals surface area contributed by atoms with Crippen LogP contribution in [0.15, 0.2) is 48.5 Å². The van der Waals surface area contributed by atoms with Crippen molar-refractivity contribution in [3.63, 3.8) is 0 Å². The predicted molar refractivity (Wildman–Crippen MR) is 123 cm³/mol. The Kier molecular flexibility index (Phi) is 8.28. The third-order valence-corrected chi connectivity index (χ3v) is 4.49. The summed E-state index contributed by atoms with van der Waals surface area (Å²) in [7, 11) is 1.61. The van der Waals surface area contributed by atoms with Gasteiger partial charge in [-0.25, -0.2) is 4.79 Å². The van der Waals surface area contributed by atoms with Crippen LogP contribution in [0.4, 0.5) is 0 Å². The molecule has 0 saturated heterocycles. The normalized spacial score (nSPS) is 12.1. The molecule has 0 bridgehead atoms. The minimum absolute atomic E-state index is 0.372. The van der Waals surface area contributed by atoms with Gasteiger partial charge >= 0.3 is 5.97 Å². The summed E-state index contributed by atoms with van der Waals surface area (Å²) in [5.41, 5.74) is 1.23. The highest BCUT2D eigenvalue weighted by molar-refractivity contribution is 5.88. The first kappa shape index (κ1) is 24.5. The highest BCUT2D eigenvalue weighted by Crippen LogP contribution is 2.36. The summed E-state index contributed by atoms with van der Waals surface area (Å²) in [5.74, 6) is 0.893. The quantitative estimate of drug-likeness (QED) is 0.433. The SMILES string of the molecule is COc1ccc(/C=C\C(=O)OC(C)(C)C)c(OCc2ccccc2)c1CCC(C)(C)O. The van der Waals surface area contributed by atoms with Gasteiger partial charge in [0, 0.05) is 17.2 Å². The molecule has 1 N–H and O–H groups in total. The highest BCUT2D eigenvalue weighted by Gasteiger charge is 2.20. The maximum Gasteiger partial charge on any atom is 0.331 e. The van der Waals surface area contributed by atoms with E-state index in [0.717, 1.165) is 16.7 Å². The van der Waals surface area contributed by atoms with Gasteiger partial charge in [0.05, 0.1) is 12.7 Å². The first-order chi connectivity index (χ1) is 14.5. The number of rotatable bonds is 9. The first-order valence-electron chi connectivity index (χ1n) is 10.5. The second-order valence-corrected chi connectivity index (χ2v) is 9.12. The van der Waals surface area contributed by atoms with Gasteiger partial charge in [-0.2, -0.15) is 0 Å². The lowest BCUT2D eigenvalue weighted by Gasteiger charge is -2.21. The zero-order valence-corrected chi connectivity index (χ0v) is 19.4. The number of carbonyl (C=O) groups excluding carboxylic acids is 1. The van der Waals surface area contributed by atoms with Gasteiger partial charge in [0.1, 0.15) is 23.7 Å². The zero-order valence-electron chi connectivity index (χ0n) is 19.4. The summed E-state index contributed by atoms with van der Waals surface area (Å²) >= 11 is 0. The number of ether oxygens (including phenoxy) is 3. The molecule has 2 aromatic rings. The Labute approximate surface area is 185 Å². The van der Waals surface area contributed by atoms with Gasteiger partial charge in [0.15, 0.2) is 0 Å². The van der Waals surface area contributed by atoms with Crippen LogP contribution in [0.5, 0.6) is 11.5 Å². The number of hydrogen-bond donors (Lipinski definition) is 1. The van der Waals surface area contributed by atoms with Crippen LogP contribution in [-0.4, -0.2) is 29.4 Å². The van der Waals surface area contributed by atoms with Crippen LogP contribution in [0.1, 0.15) is 57.7 Å². The molecule has 0 radical (unpaired) electrons. The van der Waals surface area contributed by atoms with Gasteiger partial charge < -0.3 is 19.3 Å². The van der Waals surface area contributed by atoms with E-state index >= 15 is 0 Å². The van der Waals surface area contributed by atoms with Crippen molar-refractivity contribution in [2.75, 3.05) is 7.11 Å². The first-order valence-corrected chi connectivity index (χ1v) is 10.5. The van der Waals surface area contributed by atoms with E-state index < -0.39 is 17.2 Å². The molecule has 0 saturated carbocycles. The average molecular weight is 427 g/mol. The van der Waals surface area contributed by atoms with Gasteiger partial charge in [-0.15, -0.1) is 0 Å². The number of hydrogen-bond acceptors (Lipinski definition) is 5. The van der Waals surface area contributed by atoms with Crippen LogP contribution >= 0.6 is 0 Å². The number of methoxy groups -OCH3 is 1. The van der Waals surface area contributed by atoms with Crippen LogP contribution in [-0.2, 0) is 22.6 Å². The summed E-state index contributed by atoms with van der Waals surface area (Å²) in [5, 5.41) is 10.2. The lowest BCUT2D eigenvalue weighted by molar-refractivity contribution is -0.148. The molecule has 0 heterocycles. The third kappa shape index (κ3) is 8.46. The van der Waals surface area contributed by atoms with E-state index in [4.69, 9.17) is 14.2 Å². The van der Waals surface area contributed by atoms with E-state index in [-0.39, 0.29) is 0 Å². The Morgan fingerprint density at radius 1 is 1.03 bits per heavy atom. The van der Waals surface area contributed by atoms with Crippen LogP contribution in [0.2, 0.25) is 0 Å². The molecule has 31 heavy (non-hydrogen) atoms. The Morgan fingerprint density at radius 3 is 2.29 bits per heavy atom. The number of esters is 1. The lowest BCUT2D eigenvalue weighted by Crippen LogP contribution is -2.22. The lowest BCUT2D eigenvalue weighted by atomic mass is 9.96. The second-order valence-electron chi connectivity index (χ2n) is 9.12. The molecule has 2 rings (SSSR count). The monoisotopic (exact) mass is 426 g/mol. The molecular weight excluding hydrogens is 392 g/mol. The fourth-order valence-electron chi connectivity index (χ4n) is 3.01. The van der Waals surface area contributed by atoms with Crippen molar-refractivity contribution in [3.05, 3.63) is 65.2 Å². The van der Waals surface area contributed by atoms with E-state index in [1.807, 2.05) is 63.2 Å². The Bertz CT molecular complexity index is 886. The van der Waals surface area contributed by atoms with Gasteiger partial charge in [0.25, 0.3) is 0 Å². The third-order valence-electron chi connectivity index (χ3n) is 4.49. The molecule has 5 nitrogen and oxygen atoms in total. The van der Waals surface area contributed by atoms with Gasteiger partial charge in [-0.05, 0) is 71.2 Å². The Balaban J connectivity index is 2.40. The molecule has 0 aliphatic carbocycles. The molecule has 168 valence electrons. The molecule has 0 aromatic heterocycles. The molecule has 5 heteroatoms. The molecule has 0 spiro atoms. The van der Waals surface area contributed by atoms with Crippen molar-refractivity contribution in [1.29, 1.82) is 0 Å². The van der Waals surface area contributed by atoms with Gasteiger partial charge in [0.2, 0.25) is 0 Å². The fraction of sp³-hybridized carbons (Fsp3) is 0.423. The summed E-state index contributed by atoms with van der Waals surface area (Å²) in [6, 6.07) is 13.6. The van der Waals surface area contributed by atoms with Crippen LogP contribution < -0.4 is 9.47 Å². The second kappa shape index (κ2) is 10.5. The van der Waals surface area contributed by atoms with E-state index in [0.29, 0.717) is 30.9 Å². The fourth-order valence-corrected chi connectivity index (χ4v) is 3.01. The van der Waals surface area contributed by atoms with E-state index in [2.05, 4.69) is 0 Å². The molecule has 0 aliphatic heterocycles. The minimum atomic E-state index is -0.829. The summed E-state index contributed by atoms with van der Waals surface area (Å²) in [6.45, 7) is 9.41. The molecule has 0 fully saturated rings. The summed E-state index contributed by atoms with van der Waals surface area (Å²) < 4.78 is 17.2. The molecule has 0 atom stereocenters.